The van der Waals surface area contributed by atoms with E-state index in [0.29, 0.717) is 5.92 Å². The van der Waals surface area contributed by atoms with Crippen LogP contribution in [0.15, 0.2) is 36.4 Å². The second-order valence-corrected chi connectivity index (χ2v) is 8.88. The van der Waals surface area contributed by atoms with Crippen molar-refractivity contribution >= 4 is 5.57 Å². The summed E-state index contributed by atoms with van der Waals surface area (Å²) in [7, 11) is 0. The monoisotopic (exact) mass is 384 g/mol. The maximum absolute atomic E-state index is 14.9. The predicted molar refractivity (Wildman–Crippen MR) is 122 cm³/mol. The van der Waals surface area contributed by atoms with Crippen LogP contribution in [-0.2, 0) is 0 Å². The van der Waals surface area contributed by atoms with Crippen LogP contribution in [0.1, 0.15) is 109 Å². The summed E-state index contributed by atoms with van der Waals surface area (Å²) >= 11 is 0. The molecular formula is C27H41F. The van der Waals surface area contributed by atoms with Gasteiger partial charge in [-0.2, -0.15) is 0 Å². The Morgan fingerprint density at radius 3 is 2.46 bits per heavy atom. The highest BCUT2D eigenvalue weighted by molar-refractivity contribution is 5.74. The number of rotatable bonds is 10. The average molecular weight is 385 g/mol. The Bertz CT molecular complexity index is 632. The fraction of sp³-hybridized carbons (Fsp3) is 0.630. The van der Waals surface area contributed by atoms with Crippen molar-refractivity contribution in [1.29, 1.82) is 0 Å². The summed E-state index contributed by atoms with van der Waals surface area (Å²) in [6.07, 6.45) is 18.9. The normalized spacial score (nSPS) is 22.0. The molecule has 156 valence electrons. The lowest BCUT2D eigenvalue weighted by molar-refractivity contribution is 0.347. The van der Waals surface area contributed by atoms with Crippen LogP contribution in [-0.4, -0.2) is 0 Å². The number of allylic oxidation sites excluding steroid dienone is 4. The van der Waals surface area contributed by atoms with Crippen LogP contribution in [0, 0.1) is 17.7 Å². The molecule has 1 atom stereocenters. The Hall–Kier alpha value is -1.37. The standard InChI is InChI=1S/C27H41F/c1-5-8-11-22(10-6-2)12-9-13-23(7-3)26-19-18-25(20-27(26)28)24-16-14-21(4)15-17-24/h7,9,13,18-22,24H,5-6,8,10-12,14-17H2,1-4H3/b13-9-,23-7+. The van der Waals surface area contributed by atoms with E-state index in [1.165, 1.54) is 63.4 Å². The van der Waals surface area contributed by atoms with Crippen LogP contribution in [0.5, 0.6) is 0 Å². The molecule has 0 radical (unpaired) electrons. The molecule has 0 nitrogen and oxygen atoms in total. The molecule has 1 aromatic carbocycles. The molecule has 0 spiro atoms. The van der Waals surface area contributed by atoms with E-state index in [0.717, 1.165) is 29.4 Å². The summed E-state index contributed by atoms with van der Waals surface area (Å²) in [6, 6.07) is 5.97. The summed E-state index contributed by atoms with van der Waals surface area (Å²) in [5.41, 5.74) is 2.94. The highest BCUT2D eigenvalue weighted by Gasteiger charge is 2.20. The van der Waals surface area contributed by atoms with Crippen LogP contribution in [0.25, 0.3) is 5.57 Å². The van der Waals surface area contributed by atoms with Gasteiger partial charge >= 0.3 is 0 Å². The quantitative estimate of drug-likeness (QED) is 0.353. The number of hydrogen-bond acceptors (Lipinski definition) is 0. The Balaban J connectivity index is 2.03. The van der Waals surface area contributed by atoms with Gasteiger partial charge in [0.25, 0.3) is 0 Å². The van der Waals surface area contributed by atoms with Gasteiger partial charge < -0.3 is 0 Å². The molecule has 0 saturated heterocycles. The predicted octanol–water partition coefficient (Wildman–Crippen LogP) is 9.08. The maximum Gasteiger partial charge on any atom is 0.131 e. The molecule has 0 heterocycles. The molecule has 1 unspecified atom stereocenters. The molecule has 28 heavy (non-hydrogen) atoms. The Kier molecular flexibility index (Phi) is 10.0. The van der Waals surface area contributed by atoms with E-state index in [9.17, 15) is 4.39 Å². The number of hydrogen-bond donors (Lipinski definition) is 0. The van der Waals surface area contributed by atoms with Crippen molar-refractivity contribution in [2.24, 2.45) is 11.8 Å². The third kappa shape index (κ3) is 6.90. The van der Waals surface area contributed by atoms with Gasteiger partial charge in [0.2, 0.25) is 0 Å². The molecule has 1 aliphatic rings. The van der Waals surface area contributed by atoms with Crippen molar-refractivity contribution in [1.82, 2.24) is 0 Å². The Morgan fingerprint density at radius 2 is 1.86 bits per heavy atom. The number of benzene rings is 1. The minimum Gasteiger partial charge on any atom is -0.206 e. The van der Waals surface area contributed by atoms with E-state index in [4.69, 9.17) is 0 Å². The summed E-state index contributed by atoms with van der Waals surface area (Å²) < 4.78 is 14.9. The highest BCUT2D eigenvalue weighted by atomic mass is 19.1. The fourth-order valence-electron chi connectivity index (χ4n) is 4.62. The van der Waals surface area contributed by atoms with Gasteiger partial charge in [0, 0.05) is 5.56 Å². The van der Waals surface area contributed by atoms with Crippen LogP contribution in [0.3, 0.4) is 0 Å². The first-order valence-electron chi connectivity index (χ1n) is 11.7. The minimum atomic E-state index is -0.0648. The second-order valence-electron chi connectivity index (χ2n) is 8.88. The summed E-state index contributed by atoms with van der Waals surface area (Å²) in [6.45, 7) is 8.87. The lowest BCUT2D eigenvalue weighted by atomic mass is 9.79. The minimum absolute atomic E-state index is 0.0648. The van der Waals surface area contributed by atoms with Gasteiger partial charge in [-0.1, -0.05) is 96.1 Å². The van der Waals surface area contributed by atoms with Crippen molar-refractivity contribution < 1.29 is 4.39 Å². The first-order valence-corrected chi connectivity index (χ1v) is 11.7. The summed E-state index contributed by atoms with van der Waals surface area (Å²) in [5.74, 6) is 2.07. The molecule has 0 aliphatic heterocycles. The Morgan fingerprint density at radius 1 is 1.11 bits per heavy atom. The van der Waals surface area contributed by atoms with E-state index in [1.807, 2.05) is 19.1 Å². The van der Waals surface area contributed by atoms with Crippen molar-refractivity contribution in [3.63, 3.8) is 0 Å². The lowest BCUT2D eigenvalue weighted by Gasteiger charge is -2.26. The van der Waals surface area contributed by atoms with Gasteiger partial charge in [-0.25, -0.2) is 4.39 Å². The molecule has 0 bridgehead atoms. The zero-order valence-corrected chi connectivity index (χ0v) is 18.6. The summed E-state index contributed by atoms with van der Waals surface area (Å²) in [5, 5.41) is 0. The van der Waals surface area contributed by atoms with Gasteiger partial charge in [0.1, 0.15) is 5.82 Å². The van der Waals surface area contributed by atoms with Crippen molar-refractivity contribution in [3.8, 4) is 0 Å². The third-order valence-electron chi connectivity index (χ3n) is 6.53. The van der Waals surface area contributed by atoms with Crippen LogP contribution >= 0.6 is 0 Å². The van der Waals surface area contributed by atoms with Gasteiger partial charge in [-0.05, 0) is 61.1 Å². The van der Waals surface area contributed by atoms with Gasteiger partial charge in [-0.3, -0.25) is 0 Å². The molecule has 0 aromatic heterocycles. The Labute approximate surface area is 173 Å². The van der Waals surface area contributed by atoms with Crippen LogP contribution in [0.4, 0.5) is 4.39 Å². The first-order chi connectivity index (χ1) is 13.6. The van der Waals surface area contributed by atoms with Crippen molar-refractivity contribution in [2.45, 2.75) is 97.8 Å². The molecule has 1 fully saturated rings. The number of halogens is 1. The van der Waals surface area contributed by atoms with Gasteiger partial charge in [0.05, 0.1) is 0 Å². The largest absolute Gasteiger partial charge is 0.206 e. The van der Waals surface area contributed by atoms with Gasteiger partial charge in [0.15, 0.2) is 0 Å². The fourth-order valence-corrected chi connectivity index (χ4v) is 4.62. The highest BCUT2D eigenvalue weighted by Crippen LogP contribution is 2.36. The van der Waals surface area contributed by atoms with E-state index in [1.54, 1.807) is 6.07 Å². The second kappa shape index (κ2) is 12.2. The molecule has 1 heteroatoms. The topological polar surface area (TPSA) is 0 Å². The van der Waals surface area contributed by atoms with Crippen molar-refractivity contribution in [2.75, 3.05) is 0 Å². The molecule has 1 aliphatic carbocycles. The summed E-state index contributed by atoms with van der Waals surface area (Å²) in [4.78, 5) is 0. The van der Waals surface area contributed by atoms with E-state index in [-0.39, 0.29) is 5.82 Å². The first kappa shape index (κ1) is 22.9. The number of unbranched alkanes of at least 4 members (excludes halogenated alkanes) is 1. The molecule has 2 rings (SSSR count). The van der Waals surface area contributed by atoms with Crippen LogP contribution < -0.4 is 0 Å². The lowest BCUT2D eigenvalue weighted by Crippen LogP contribution is -2.11. The average Bonchev–Trinajstić information content (AvgIpc) is 2.70. The van der Waals surface area contributed by atoms with Crippen LogP contribution in [0.2, 0.25) is 0 Å². The maximum atomic E-state index is 14.9. The zero-order chi connectivity index (χ0) is 20.4. The SMILES string of the molecule is C/C=C(\C=C/CC(CCC)CCCC)c1ccc(C2CCC(C)CC2)cc1F. The molecule has 0 N–H and O–H groups in total. The van der Waals surface area contributed by atoms with Crippen molar-refractivity contribution in [3.05, 3.63) is 53.4 Å². The molecular weight excluding hydrogens is 343 g/mol. The smallest absolute Gasteiger partial charge is 0.131 e. The van der Waals surface area contributed by atoms with Gasteiger partial charge in [-0.15, -0.1) is 0 Å². The van der Waals surface area contributed by atoms with E-state index in [2.05, 4.69) is 39.0 Å². The zero-order valence-electron chi connectivity index (χ0n) is 18.6. The molecule has 0 amide bonds. The van der Waals surface area contributed by atoms with E-state index >= 15 is 0 Å². The molecule has 1 aromatic rings. The molecule has 1 saturated carbocycles. The van der Waals surface area contributed by atoms with E-state index < -0.39 is 0 Å². The third-order valence-corrected chi connectivity index (χ3v) is 6.53.